The summed E-state index contributed by atoms with van der Waals surface area (Å²) in [5.74, 6) is 2.25. The molecule has 0 spiro atoms. The highest BCUT2D eigenvalue weighted by molar-refractivity contribution is 7.99. The first kappa shape index (κ1) is 20.8. The average Bonchev–Trinajstić information content (AvgIpc) is 3.37. The zero-order valence-electron chi connectivity index (χ0n) is 17.0. The maximum Gasteiger partial charge on any atom is 0.327 e. The highest BCUT2D eigenvalue weighted by atomic mass is 32.2. The fraction of sp³-hybridized carbons (Fsp3) is 0.208. The summed E-state index contributed by atoms with van der Waals surface area (Å²) in [6.45, 7) is 3.69. The molecule has 4 rings (SSSR count). The molecule has 0 saturated carbocycles. The Hall–Kier alpha value is -3.50. The Labute approximate surface area is 184 Å². The topological polar surface area (TPSA) is 83.6 Å². The number of aromatic nitrogens is 1. The van der Waals surface area contributed by atoms with E-state index in [2.05, 4.69) is 11.1 Å². The van der Waals surface area contributed by atoms with Crippen LogP contribution in [0.15, 0.2) is 53.1 Å². The maximum absolute atomic E-state index is 13.4. The minimum Gasteiger partial charge on any atom is -0.480 e. The predicted octanol–water partition coefficient (Wildman–Crippen LogP) is 4.28. The van der Waals surface area contributed by atoms with Gasteiger partial charge < -0.3 is 14.5 Å². The normalized spacial score (nSPS) is 18.0. The van der Waals surface area contributed by atoms with Crippen LogP contribution in [0, 0.1) is 26.2 Å². The zero-order chi connectivity index (χ0) is 22.1. The van der Waals surface area contributed by atoms with Crippen LogP contribution < -0.4 is 0 Å². The van der Waals surface area contributed by atoms with Gasteiger partial charge in [0.2, 0.25) is 0 Å². The van der Waals surface area contributed by atoms with Gasteiger partial charge in [0, 0.05) is 28.0 Å². The summed E-state index contributed by atoms with van der Waals surface area (Å²) in [5.41, 5.74) is 4.36. The minimum absolute atomic E-state index is 0.293. The van der Waals surface area contributed by atoms with Crippen LogP contribution in [0.5, 0.6) is 0 Å². The Bertz CT molecular complexity index is 1170. The van der Waals surface area contributed by atoms with E-state index in [4.69, 9.17) is 10.9 Å². The van der Waals surface area contributed by atoms with Gasteiger partial charge in [-0.3, -0.25) is 4.79 Å². The first-order valence-corrected chi connectivity index (χ1v) is 10.7. The number of hydrogen-bond acceptors (Lipinski definition) is 5. The van der Waals surface area contributed by atoms with E-state index in [-0.39, 0.29) is 5.91 Å². The van der Waals surface area contributed by atoms with Gasteiger partial charge in [-0.2, -0.15) is 0 Å². The second-order valence-corrected chi connectivity index (χ2v) is 8.37. The van der Waals surface area contributed by atoms with Crippen molar-refractivity contribution in [2.45, 2.75) is 25.3 Å². The number of aryl methyl sites for hydroxylation is 2. The zero-order valence-corrected chi connectivity index (χ0v) is 17.8. The van der Waals surface area contributed by atoms with E-state index in [1.807, 2.05) is 44.2 Å². The molecule has 1 aliphatic rings. The lowest BCUT2D eigenvalue weighted by atomic mass is 10.0. The Morgan fingerprint density at radius 2 is 1.90 bits per heavy atom. The molecule has 0 bridgehead atoms. The number of hydrogen-bond donors (Lipinski definition) is 1. The minimum atomic E-state index is -1.03. The molecule has 1 aromatic heterocycles. The summed E-state index contributed by atoms with van der Waals surface area (Å²) in [4.78, 5) is 26.8. The van der Waals surface area contributed by atoms with Crippen molar-refractivity contribution < 1.29 is 19.2 Å². The molecule has 156 valence electrons. The highest BCUT2D eigenvalue weighted by Gasteiger charge is 2.43. The Morgan fingerprint density at radius 3 is 2.52 bits per heavy atom. The predicted molar refractivity (Wildman–Crippen MR) is 119 cm³/mol. The molecular weight excluding hydrogens is 412 g/mol. The molecular formula is C24H20N2O4S. The molecule has 1 fully saturated rings. The average molecular weight is 433 g/mol. The van der Waals surface area contributed by atoms with E-state index in [0.717, 1.165) is 22.4 Å². The van der Waals surface area contributed by atoms with Gasteiger partial charge in [-0.05, 0) is 37.6 Å². The van der Waals surface area contributed by atoms with Crippen molar-refractivity contribution in [1.29, 1.82) is 0 Å². The fourth-order valence-electron chi connectivity index (χ4n) is 3.85. The molecule has 3 aromatic rings. The number of carbonyl (C=O) groups excluding carboxylic acids is 1. The van der Waals surface area contributed by atoms with Crippen molar-refractivity contribution in [2.75, 3.05) is 5.75 Å². The van der Waals surface area contributed by atoms with Crippen LogP contribution in [0.4, 0.5) is 0 Å². The fourth-order valence-corrected chi connectivity index (χ4v) is 5.31. The van der Waals surface area contributed by atoms with Crippen LogP contribution in [-0.4, -0.2) is 38.8 Å². The van der Waals surface area contributed by atoms with Crippen molar-refractivity contribution in [3.05, 3.63) is 76.7 Å². The van der Waals surface area contributed by atoms with Crippen LogP contribution >= 0.6 is 11.8 Å². The van der Waals surface area contributed by atoms with Gasteiger partial charge in [-0.25, -0.2) is 4.79 Å². The number of benzene rings is 2. The first-order valence-electron chi connectivity index (χ1n) is 9.68. The van der Waals surface area contributed by atoms with E-state index in [9.17, 15) is 14.7 Å². The number of rotatable bonds is 4. The van der Waals surface area contributed by atoms with Gasteiger partial charge >= 0.3 is 5.97 Å². The van der Waals surface area contributed by atoms with Crippen LogP contribution in [-0.2, 0) is 4.79 Å². The van der Waals surface area contributed by atoms with Gasteiger partial charge in [0.1, 0.15) is 17.2 Å². The number of aliphatic carboxylic acids is 1. The number of amides is 1. The van der Waals surface area contributed by atoms with Crippen molar-refractivity contribution >= 4 is 23.6 Å². The smallest absolute Gasteiger partial charge is 0.327 e. The second kappa shape index (κ2) is 8.32. The number of thioether (sulfide) groups is 1. The Balaban J connectivity index is 1.70. The third-order valence-corrected chi connectivity index (χ3v) is 6.66. The maximum atomic E-state index is 13.4. The summed E-state index contributed by atoms with van der Waals surface area (Å²) < 4.78 is 5.22. The Morgan fingerprint density at radius 1 is 1.19 bits per heavy atom. The third-order valence-electron chi connectivity index (χ3n) is 5.36. The summed E-state index contributed by atoms with van der Waals surface area (Å²) >= 11 is 1.41. The molecule has 31 heavy (non-hydrogen) atoms. The molecule has 1 N–H and O–H groups in total. The van der Waals surface area contributed by atoms with Crippen molar-refractivity contribution in [3.8, 4) is 23.5 Å². The Kier molecular flexibility index (Phi) is 5.57. The van der Waals surface area contributed by atoms with E-state index >= 15 is 0 Å². The van der Waals surface area contributed by atoms with Gasteiger partial charge in [0.15, 0.2) is 0 Å². The lowest BCUT2D eigenvalue weighted by Crippen LogP contribution is -2.43. The van der Waals surface area contributed by atoms with Gasteiger partial charge in [-0.15, -0.1) is 18.2 Å². The molecule has 1 amide bonds. The summed E-state index contributed by atoms with van der Waals surface area (Å²) in [6.07, 6.45) is 5.64. The lowest BCUT2D eigenvalue weighted by Gasteiger charge is -2.28. The number of carbonyl (C=O) groups is 2. The van der Waals surface area contributed by atoms with Gasteiger partial charge in [-0.1, -0.05) is 41.4 Å². The summed E-state index contributed by atoms with van der Waals surface area (Å²) in [6, 6.07) is 13.4. The van der Waals surface area contributed by atoms with Crippen molar-refractivity contribution in [1.82, 2.24) is 10.1 Å². The largest absolute Gasteiger partial charge is 0.480 e. The molecule has 2 aromatic carbocycles. The van der Waals surface area contributed by atoms with Gasteiger partial charge in [0.05, 0.1) is 5.69 Å². The number of carboxylic acids is 1. The van der Waals surface area contributed by atoms with E-state index in [1.54, 1.807) is 18.2 Å². The molecule has 1 aliphatic heterocycles. The van der Waals surface area contributed by atoms with E-state index in [1.165, 1.54) is 16.7 Å². The standard InChI is InChI=1S/C24H20N2O4S/c1-4-16-7-5-6-8-19(16)23-26(20(13-31-23)24(28)29)22(27)18-11-9-17(10-12-18)21-14(2)25-30-15(21)3/h1,5-12,20,23H,13H2,2-3H3,(H,28,29)/t20-,23+/m0/s1. The molecule has 7 heteroatoms. The molecule has 6 nitrogen and oxygen atoms in total. The lowest BCUT2D eigenvalue weighted by molar-refractivity contribution is -0.141. The highest BCUT2D eigenvalue weighted by Crippen LogP contribution is 2.43. The van der Waals surface area contributed by atoms with E-state index in [0.29, 0.717) is 22.6 Å². The monoisotopic (exact) mass is 432 g/mol. The summed E-state index contributed by atoms with van der Waals surface area (Å²) in [7, 11) is 0. The number of terminal acetylenes is 1. The number of nitrogens with zero attached hydrogens (tertiary/aromatic N) is 2. The van der Waals surface area contributed by atoms with Crippen LogP contribution in [0.3, 0.4) is 0 Å². The van der Waals surface area contributed by atoms with Crippen LogP contribution in [0.1, 0.15) is 38.3 Å². The molecule has 0 unspecified atom stereocenters. The third kappa shape index (κ3) is 3.71. The van der Waals surface area contributed by atoms with Gasteiger partial charge in [0.25, 0.3) is 5.91 Å². The molecule has 2 heterocycles. The molecule has 0 aliphatic carbocycles. The van der Waals surface area contributed by atoms with Crippen LogP contribution in [0.2, 0.25) is 0 Å². The first-order chi connectivity index (χ1) is 14.9. The molecule has 0 radical (unpaired) electrons. The quantitative estimate of drug-likeness (QED) is 0.620. The molecule has 2 atom stereocenters. The van der Waals surface area contributed by atoms with Crippen LogP contribution in [0.25, 0.3) is 11.1 Å². The number of carboxylic acid groups (broad SMARTS) is 1. The van der Waals surface area contributed by atoms with E-state index < -0.39 is 17.4 Å². The SMILES string of the molecule is C#Cc1ccccc1[C@H]1SC[C@@H](C(=O)O)N1C(=O)c1ccc(-c2c(C)noc2C)cc1. The second-order valence-electron chi connectivity index (χ2n) is 7.26. The summed E-state index contributed by atoms with van der Waals surface area (Å²) in [5, 5.41) is 13.2. The van der Waals surface area contributed by atoms with Crippen molar-refractivity contribution in [2.24, 2.45) is 0 Å². The van der Waals surface area contributed by atoms with Crippen molar-refractivity contribution in [3.63, 3.8) is 0 Å². The molecule has 1 saturated heterocycles.